The number of unbranched alkanes of at least 4 members (excludes halogenated alkanes) is 4. The average molecular weight is 1400 g/mol. The highest BCUT2D eigenvalue weighted by Crippen LogP contribution is 2.10. The maximum absolute atomic E-state index is 11.6. The van der Waals surface area contributed by atoms with Crippen LogP contribution in [0.1, 0.15) is 115 Å². The first kappa shape index (κ1) is 111. The highest BCUT2D eigenvalue weighted by molar-refractivity contribution is 5.49. The summed E-state index contributed by atoms with van der Waals surface area (Å²) in [7, 11) is 0. The molecule has 0 saturated heterocycles. The lowest BCUT2D eigenvalue weighted by Gasteiger charge is -1.94. The normalized spacial score (nSPS) is 8.15. The van der Waals surface area contributed by atoms with Gasteiger partial charge in [0.1, 0.15) is 6.26 Å². The molecule has 4 nitrogen and oxygen atoms in total. The molecule has 96 heavy (non-hydrogen) atoms. The first-order valence-electron chi connectivity index (χ1n) is 28.0. The molecule has 4 aromatic rings. The molecule has 4 aromatic carbocycles. The van der Waals surface area contributed by atoms with Gasteiger partial charge in [0.25, 0.3) is 30.4 Å². The van der Waals surface area contributed by atoms with Gasteiger partial charge in [-0.2, -0.15) is 87.8 Å². The average Bonchev–Trinajstić information content (AvgIpc) is 3.68. The maximum Gasteiger partial charge on any atom is 0.334 e. The molecule has 24 heteroatoms. The Morgan fingerprint density at radius 3 is 0.708 bits per heavy atom. The van der Waals surface area contributed by atoms with E-state index in [2.05, 4.69) is 110 Å². The highest BCUT2D eigenvalue weighted by atomic mass is 19.3. The van der Waals surface area contributed by atoms with Crippen LogP contribution >= 0.6 is 0 Å². The van der Waals surface area contributed by atoms with E-state index in [1.807, 2.05) is 111 Å². The van der Waals surface area contributed by atoms with Crippen molar-refractivity contribution in [2.24, 2.45) is 0 Å². The van der Waals surface area contributed by atoms with E-state index in [9.17, 15) is 87.8 Å². The zero-order valence-electron chi connectivity index (χ0n) is 55.1. The van der Waals surface area contributed by atoms with E-state index in [1.54, 1.807) is 30.3 Å². The number of hydrogen-bond donors (Lipinski definition) is 0. The molecule has 0 aliphatic heterocycles. The van der Waals surface area contributed by atoms with Crippen molar-refractivity contribution < 1.29 is 107 Å². The van der Waals surface area contributed by atoms with E-state index < -0.39 is 60.8 Å². The molecule has 0 bridgehead atoms. The standard InChI is InChI=1S/C9H10.C8H6F2.2C8H8.C6H10F2O.3C6H12O.C3H4F2.2C2F4.3C2H2F2.C2H4/c1-2-6-9-7-4-3-5-8-9;9-8(10)6-7-4-2-1-3-5-7;2*1-2-8-6-4-3-5-7-8;1-2-3-4-9-5-6(7)8;3*1-3-5-6-7-4-2;1-2-3(4)5;2*3-1(4)2(5)6;3*1-2(3)4;1-2/h2-8H,1H3;1-6H;2*2-7H,1H2;5H,2-4H2,1H3;3*4H,2-3,5-6H2,1H3;2H,1H3;;;3*1H2;1-2H2/b6-2-;;;;;;;;;;;;;;. The van der Waals surface area contributed by atoms with Crippen molar-refractivity contribution in [3.8, 4) is 0 Å². The molecular weight excluding hydrogens is 1310 g/mol. The first-order chi connectivity index (χ1) is 45.3. The van der Waals surface area contributed by atoms with Gasteiger partial charge in [-0.15, -0.1) is 13.2 Å². The fourth-order valence-corrected chi connectivity index (χ4v) is 3.89. The van der Waals surface area contributed by atoms with E-state index in [-0.39, 0.29) is 0 Å². The molecule has 0 aliphatic rings. The minimum Gasteiger partial charge on any atom is -0.502 e. The van der Waals surface area contributed by atoms with Crippen LogP contribution in [0.25, 0.3) is 24.3 Å². The molecule has 0 heterocycles. The molecule has 0 amide bonds. The van der Waals surface area contributed by atoms with Crippen LogP contribution < -0.4 is 0 Å². The van der Waals surface area contributed by atoms with Crippen LogP contribution in [0.5, 0.6) is 0 Å². The van der Waals surface area contributed by atoms with Crippen molar-refractivity contribution in [1.29, 1.82) is 0 Å². The third-order valence-electron chi connectivity index (χ3n) is 7.80. The van der Waals surface area contributed by atoms with Gasteiger partial charge in [-0.3, -0.25) is 0 Å². The van der Waals surface area contributed by atoms with Gasteiger partial charge in [-0.25, -0.2) is 0 Å². The molecule has 0 unspecified atom stereocenters. The van der Waals surface area contributed by atoms with E-state index in [4.69, 9.17) is 14.2 Å². The fraction of sp³-hybridized carbons (Fsp3) is 0.250. The lowest BCUT2D eigenvalue weighted by atomic mass is 10.2. The summed E-state index contributed by atoms with van der Waals surface area (Å²) in [6, 6.07) is 38.8. The van der Waals surface area contributed by atoms with Gasteiger partial charge in [0.15, 0.2) is 0 Å². The zero-order chi connectivity index (χ0) is 76.6. The van der Waals surface area contributed by atoms with E-state index >= 15 is 0 Å². The summed E-state index contributed by atoms with van der Waals surface area (Å²) in [6.45, 7) is 44.7. The Morgan fingerprint density at radius 1 is 0.333 bits per heavy atom. The quantitative estimate of drug-likeness (QED) is 0.0382. The number of benzene rings is 4. The van der Waals surface area contributed by atoms with Crippen LogP contribution in [0.3, 0.4) is 0 Å². The van der Waals surface area contributed by atoms with Crippen molar-refractivity contribution >= 4 is 24.3 Å². The Labute approximate surface area is 556 Å². The fourth-order valence-electron chi connectivity index (χ4n) is 3.89. The second kappa shape index (κ2) is 99.3. The lowest BCUT2D eigenvalue weighted by Crippen LogP contribution is -1.84. The summed E-state index contributed by atoms with van der Waals surface area (Å²) in [5.41, 5.74) is 4.14. The van der Waals surface area contributed by atoms with Crippen LogP contribution in [0.15, 0.2) is 285 Å². The van der Waals surface area contributed by atoms with Gasteiger partial charge in [-0.05, 0) is 87.6 Å². The maximum atomic E-state index is 11.6. The van der Waals surface area contributed by atoms with Crippen molar-refractivity contribution in [3.63, 3.8) is 0 Å². The second-order valence-corrected chi connectivity index (χ2v) is 15.4. The number of allylic oxidation sites excluding steroid dienone is 2. The Balaban J connectivity index is -0.0000000906. The van der Waals surface area contributed by atoms with Crippen LogP contribution in [-0.2, 0) is 18.9 Å². The third-order valence-corrected chi connectivity index (χ3v) is 7.80. The summed E-state index contributed by atoms with van der Waals surface area (Å²) in [5, 5.41) is 0. The molecule has 0 radical (unpaired) electrons. The molecule has 544 valence electrons. The van der Waals surface area contributed by atoms with E-state index in [1.165, 1.54) is 61.7 Å². The Hall–Kier alpha value is -9.22. The molecule has 0 aliphatic carbocycles. The number of hydrogen-bond acceptors (Lipinski definition) is 4. The highest BCUT2D eigenvalue weighted by Gasteiger charge is 1.99. The van der Waals surface area contributed by atoms with Crippen LogP contribution in [0.2, 0.25) is 0 Å². The Kier molecular flexibility index (Phi) is 115. The molecule has 0 saturated carbocycles. The van der Waals surface area contributed by atoms with Gasteiger partial charge < -0.3 is 18.9 Å². The largest absolute Gasteiger partial charge is 0.502 e. The van der Waals surface area contributed by atoms with E-state index in [0.717, 1.165) is 64.1 Å². The minimum atomic E-state index is -2.91. The lowest BCUT2D eigenvalue weighted by molar-refractivity contribution is 0.220. The molecular formula is C72H92F20O4. The van der Waals surface area contributed by atoms with E-state index in [0.29, 0.717) is 18.4 Å². The van der Waals surface area contributed by atoms with Crippen LogP contribution in [0.4, 0.5) is 87.8 Å². The van der Waals surface area contributed by atoms with Crippen molar-refractivity contribution in [1.82, 2.24) is 0 Å². The molecule has 0 aromatic heterocycles. The minimum absolute atomic E-state index is 0.383. The zero-order valence-corrected chi connectivity index (χ0v) is 55.1. The van der Waals surface area contributed by atoms with Crippen molar-refractivity contribution in [2.45, 2.75) is 92.9 Å². The number of ether oxygens (including phenoxy) is 4. The smallest absolute Gasteiger partial charge is 0.334 e. The van der Waals surface area contributed by atoms with Gasteiger partial charge >= 0.3 is 30.4 Å². The summed E-state index contributed by atoms with van der Waals surface area (Å²) >= 11 is 0. The first-order valence-corrected chi connectivity index (χ1v) is 28.0. The predicted octanol–water partition coefficient (Wildman–Crippen LogP) is 29.4. The Morgan fingerprint density at radius 2 is 0.552 bits per heavy atom. The van der Waals surface area contributed by atoms with Gasteiger partial charge in [0, 0.05) is 6.08 Å². The number of rotatable bonds is 20. The van der Waals surface area contributed by atoms with Gasteiger partial charge in [-0.1, -0.05) is 232 Å². The molecule has 4 rings (SSSR count). The summed E-state index contributed by atoms with van der Waals surface area (Å²) < 4.78 is 229. The van der Waals surface area contributed by atoms with Crippen molar-refractivity contribution in [3.05, 3.63) is 307 Å². The second-order valence-electron chi connectivity index (χ2n) is 15.4. The molecule has 0 atom stereocenters. The van der Waals surface area contributed by atoms with Gasteiger partial charge in [0.05, 0.1) is 45.2 Å². The molecule has 0 fully saturated rings. The molecule has 0 spiro atoms. The van der Waals surface area contributed by atoms with Crippen LogP contribution in [-0.4, -0.2) is 26.4 Å². The summed E-state index contributed by atoms with van der Waals surface area (Å²) in [5.74, 6) is 0. The Bertz CT molecular complexity index is 2360. The molecule has 0 N–H and O–H groups in total. The summed E-state index contributed by atoms with van der Waals surface area (Å²) in [6.07, 6.45) is 0.856. The van der Waals surface area contributed by atoms with Crippen LogP contribution in [0, 0.1) is 0 Å². The monoisotopic (exact) mass is 1400 g/mol. The SMILES string of the molecule is C/C=C\c1ccccc1.C=C.C=C(F)F.C=C(F)F.C=C(F)F.C=COCCCC.C=COCCCC.C=COCCCC.C=Cc1ccccc1.C=Cc1ccccc1.CC=C(F)F.CCCCOC=C(F)F.FC(F)=C(F)F.FC(F)=C(F)F.FC(F)=Cc1ccccc1. The predicted molar refractivity (Wildman–Crippen MR) is 359 cm³/mol. The summed E-state index contributed by atoms with van der Waals surface area (Å²) in [4.78, 5) is 0. The topological polar surface area (TPSA) is 36.9 Å². The van der Waals surface area contributed by atoms with Gasteiger partial charge in [0.2, 0.25) is 0 Å². The van der Waals surface area contributed by atoms with Crippen molar-refractivity contribution in [2.75, 3.05) is 26.4 Å². The third kappa shape index (κ3) is 156. The number of halogens is 20.